The topological polar surface area (TPSA) is 98.7 Å². The minimum absolute atomic E-state index is 0.0804. The molecule has 1 unspecified atom stereocenters. The monoisotopic (exact) mass is 285 g/mol. The lowest BCUT2D eigenvalue weighted by Crippen LogP contribution is -2.65. The van der Waals surface area contributed by atoms with Gasteiger partial charge in [0.1, 0.15) is 5.54 Å². The van der Waals surface area contributed by atoms with Crippen molar-refractivity contribution in [2.45, 2.75) is 39.2 Å². The molecule has 0 radical (unpaired) electrons. The highest BCUT2D eigenvalue weighted by molar-refractivity contribution is 5.91. The molecule has 20 heavy (non-hydrogen) atoms. The molecule has 1 heterocycles. The van der Waals surface area contributed by atoms with Gasteiger partial charge in [0.2, 0.25) is 5.91 Å². The van der Waals surface area contributed by atoms with E-state index in [0.717, 1.165) is 0 Å². The van der Waals surface area contributed by atoms with Crippen LogP contribution in [0.1, 0.15) is 33.6 Å². The quantitative estimate of drug-likeness (QED) is 0.681. The third kappa shape index (κ3) is 4.11. The predicted octanol–water partition coefficient (Wildman–Crippen LogP) is 0.407. The molecule has 3 amide bonds. The van der Waals surface area contributed by atoms with E-state index in [1.165, 1.54) is 4.90 Å². The second-order valence-corrected chi connectivity index (χ2v) is 5.69. The molecule has 0 aromatic rings. The summed E-state index contributed by atoms with van der Waals surface area (Å²) in [5.74, 6) is -0.924. The summed E-state index contributed by atoms with van der Waals surface area (Å²) in [5, 5.41) is 14.1. The first kappa shape index (κ1) is 16.3. The number of urea groups is 1. The normalized spacial score (nSPS) is 19.1. The smallest absolute Gasteiger partial charge is 0.318 e. The number of carboxylic acid groups (broad SMARTS) is 1. The number of nitrogens with one attached hydrogen (secondary N) is 2. The fourth-order valence-corrected chi connectivity index (χ4v) is 2.08. The van der Waals surface area contributed by atoms with Gasteiger partial charge in [0.15, 0.2) is 0 Å². The van der Waals surface area contributed by atoms with Crippen molar-refractivity contribution in [2.75, 3.05) is 19.6 Å². The summed E-state index contributed by atoms with van der Waals surface area (Å²) < 4.78 is 0. The van der Waals surface area contributed by atoms with E-state index in [9.17, 15) is 14.4 Å². The van der Waals surface area contributed by atoms with Crippen LogP contribution >= 0.6 is 0 Å². The van der Waals surface area contributed by atoms with Crippen molar-refractivity contribution in [3.8, 4) is 0 Å². The number of rotatable bonds is 5. The van der Waals surface area contributed by atoms with Crippen LogP contribution in [0.4, 0.5) is 4.79 Å². The molecule has 114 valence electrons. The van der Waals surface area contributed by atoms with Gasteiger partial charge in [-0.1, -0.05) is 6.92 Å². The third-order valence-electron chi connectivity index (χ3n) is 3.55. The summed E-state index contributed by atoms with van der Waals surface area (Å²) in [6, 6.07) is -0.285. The Morgan fingerprint density at radius 2 is 2.15 bits per heavy atom. The van der Waals surface area contributed by atoms with Gasteiger partial charge in [-0.15, -0.1) is 0 Å². The van der Waals surface area contributed by atoms with Crippen LogP contribution in [0.5, 0.6) is 0 Å². The molecule has 1 atom stereocenters. The molecule has 1 aliphatic rings. The molecular formula is C13H23N3O4. The highest BCUT2D eigenvalue weighted by Gasteiger charge is 2.40. The van der Waals surface area contributed by atoms with Gasteiger partial charge in [0.25, 0.3) is 0 Å². The van der Waals surface area contributed by atoms with E-state index in [1.54, 1.807) is 13.8 Å². The van der Waals surface area contributed by atoms with Gasteiger partial charge in [0.05, 0.1) is 0 Å². The van der Waals surface area contributed by atoms with Crippen molar-refractivity contribution in [2.24, 2.45) is 5.92 Å². The SMILES string of the molecule is CC(CCC(=O)O)CNC(=O)N1CCNC(=O)C1(C)C. The summed E-state index contributed by atoms with van der Waals surface area (Å²) in [7, 11) is 0. The minimum atomic E-state index is -0.868. The van der Waals surface area contributed by atoms with E-state index in [2.05, 4.69) is 10.6 Å². The Labute approximate surface area is 118 Å². The van der Waals surface area contributed by atoms with E-state index in [1.807, 2.05) is 6.92 Å². The fraction of sp³-hybridized carbons (Fsp3) is 0.769. The largest absolute Gasteiger partial charge is 0.481 e. The summed E-state index contributed by atoms with van der Waals surface area (Å²) in [4.78, 5) is 35.8. The van der Waals surface area contributed by atoms with E-state index < -0.39 is 11.5 Å². The van der Waals surface area contributed by atoms with Crippen LogP contribution < -0.4 is 10.6 Å². The Bertz CT molecular complexity index is 395. The molecule has 0 spiro atoms. The van der Waals surface area contributed by atoms with Gasteiger partial charge < -0.3 is 20.6 Å². The molecule has 0 aliphatic carbocycles. The lowest BCUT2D eigenvalue weighted by Gasteiger charge is -2.41. The van der Waals surface area contributed by atoms with Crippen molar-refractivity contribution < 1.29 is 19.5 Å². The zero-order chi connectivity index (χ0) is 15.3. The number of amides is 3. The number of nitrogens with zero attached hydrogens (tertiary/aromatic N) is 1. The molecule has 7 heteroatoms. The highest BCUT2D eigenvalue weighted by atomic mass is 16.4. The van der Waals surface area contributed by atoms with Crippen LogP contribution in [0.15, 0.2) is 0 Å². The first-order chi connectivity index (χ1) is 9.25. The predicted molar refractivity (Wildman–Crippen MR) is 73.2 cm³/mol. The summed E-state index contributed by atoms with van der Waals surface area (Å²) in [5.41, 5.74) is -0.868. The number of hydrogen-bond donors (Lipinski definition) is 3. The molecule has 7 nitrogen and oxygen atoms in total. The molecule has 0 aromatic heterocycles. The number of aliphatic carboxylic acids is 1. The minimum Gasteiger partial charge on any atom is -0.481 e. The Hall–Kier alpha value is -1.79. The summed E-state index contributed by atoms with van der Waals surface area (Å²) in [6.07, 6.45) is 0.605. The molecular weight excluding hydrogens is 262 g/mol. The van der Waals surface area contributed by atoms with Gasteiger partial charge in [-0.05, 0) is 26.2 Å². The average molecular weight is 285 g/mol. The molecule has 1 saturated heterocycles. The maximum Gasteiger partial charge on any atom is 0.318 e. The molecule has 0 saturated carbocycles. The number of carbonyl (C=O) groups is 3. The van der Waals surface area contributed by atoms with E-state index in [-0.39, 0.29) is 24.3 Å². The fourth-order valence-electron chi connectivity index (χ4n) is 2.08. The lowest BCUT2D eigenvalue weighted by molar-refractivity contribution is -0.137. The van der Waals surface area contributed by atoms with Crippen LogP contribution in [-0.4, -0.2) is 53.1 Å². The first-order valence-corrected chi connectivity index (χ1v) is 6.80. The lowest BCUT2D eigenvalue weighted by atomic mass is 9.99. The average Bonchev–Trinajstić information content (AvgIpc) is 2.36. The molecule has 1 fully saturated rings. The summed E-state index contributed by atoms with van der Waals surface area (Å²) in [6.45, 7) is 6.61. The van der Waals surface area contributed by atoms with E-state index in [0.29, 0.717) is 26.1 Å². The Kier molecular flexibility index (Phi) is 5.35. The second kappa shape index (κ2) is 6.58. The Balaban J connectivity index is 2.46. The summed E-state index contributed by atoms with van der Waals surface area (Å²) >= 11 is 0. The third-order valence-corrected chi connectivity index (χ3v) is 3.55. The van der Waals surface area contributed by atoms with Gasteiger partial charge in [-0.2, -0.15) is 0 Å². The molecule has 1 rings (SSSR count). The van der Waals surface area contributed by atoms with Gasteiger partial charge >= 0.3 is 12.0 Å². The number of piperazine rings is 1. The van der Waals surface area contributed by atoms with Crippen LogP contribution in [0.2, 0.25) is 0 Å². The van der Waals surface area contributed by atoms with Gasteiger partial charge in [-0.3, -0.25) is 9.59 Å². The maximum absolute atomic E-state index is 12.1. The highest BCUT2D eigenvalue weighted by Crippen LogP contribution is 2.17. The van der Waals surface area contributed by atoms with Crippen molar-refractivity contribution in [1.29, 1.82) is 0 Å². The number of carbonyl (C=O) groups excluding carboxylic acids is 2. The molecule has 0 bridgehead atoms. The number of hydrogen-bond acceptors (Lipinski definition) is 3. The standard InChI is InChI=1S/C13H23N3O4/c1-9(4-5-10(17)18)8-15-12(20)16-7-6-14-11(19)13(16,2)3/h9H,4-8H2,1-3H3,(H,14,19)(H,15,20)(H,17,18). The van der Waals surface area contributed by atoms with Crippen molar-refractivity contribution in [3.05, 3.63) is 0 Å². The van der Waals surface area contributed by atoms with Crippen LogP contribution in [0.25, 0.3) is 0 Å². The molecule has 3 N–H and O–H groups in total. The van der Waals surface area contributed by atoms with Crippen molar-refractivity contribution in [3.63, 3.8) is 0 Å². The van der Waals surface area contributed by atoms with Crippen LogP contribution in [0.3, 0.4) is 0 Å². The van der Waals surface area contributed by atoms with Crippen LogP contribution in [0, 0.1) is 5.92 Å². The first-order valence-electron chi connectivity index (χ1n) is 6.80. The van der Waals surface area contributed by atoms with E-state index in [4.69, 9.17) is 5.11 Å². The molecule has 0 aromatic carbocycles. The Morgan fingerprint density at radius 1 is 1.50 bits per heavy atom. The Morgan fingerprint density at radius 3 is 2.75 bits per heavy atom. The van der Waals surface area contributed by atoms with Crippen molar-refractivity contribution >= 4 is 17.9 Å². The van der Waals surface area contributed by atoms with E-state index >= 15 is 0 Å². The zero-order valence-electron chi connectivity index (χ0n) is 12.2. The van der Waals surface area contributed by atoms with Crippen molar-refractivity contribution in [1.82, 2.24) is 15.5 Å². The molecule has 1 aliphatic heterocycles. The number of carboxylic acids is 1. The second-order valence-electron chi connectivity index (χ2n) is 5.69. The zero-order valence-corrected chi connectivity index (χ0v) is 12.2. The van der Waals surface area contributed by atoms with Gasteiger partial charge in [0, 0.05) is 26.1 Å². The maximum atomic E-state index is 12.1. The van der Waals surface area contributed by atoms with Crippen LogP contribution in [-0.2, 0) is 9.59 Å². The van der Waals surface area contributed by atoms with Gasteiger partial charge in [-0.25, -0.2) is 4.79 Å².